The number of rotatable bonds is 9. The van der Waals surface area contributed by atoms with Crippen molar-refractivity contribution in [3.63, 3.8) is 0 Å². The van der Waals surface area contributed by atoms with Gasteiger partial charge in [-0.1, -0.05) is 0 Å². The van der Waals surface area contributed by atoms with E-state index in [0.717, 1.165) is 13.8 Å². The second kappa shape index (κ2) is 12.0. The summed E-state index contributed by atoms with van der Waals surface area (Å²) in [4.78, 5) is 58.1. The average Bonchev–Trinajstić information content (AvgIpc) is 2.75. The Hall–Kier alpha value is -3.67. The first-order valence-electron chi connectivity index (χ1n) is 10.3. The maximum Gasteiger partial charge on any atom is 0.303 e. The van der Waals surface area contributed by atoms with Crippen LogP contribution in [0.3, 0.4) is 0 Å². The van der Waals surface area contributed by atoms with Gasteiger partial charge in [-0.25, -0.2) is 0 Å². The zero-order chi connectivity index (χ0) is 25.4. The molecule has 12 nitrogen and oxygen atoms in total. The Bertz CT molecular complexity index is 931. The fourth-order valence-corrected chi connectivity index (χ4v) is 3.37. The number of methoxy groups -OCH3 is 1. The number of ether oxygens (including phenoxy) is 6. The van der Waals surface area contributed by atoms with Crippen LogP contribution in [0.4, 0.5) is 0 Å². The summed E-state index contributed by atoms with van der Waals surface area (Å²) in [6, 6.07) is 3.22. The monoisotopic (exact) mass is 481 g/mol. The van der Waals surface area contributed by atoms with E-state index in [4.69, 9.17) is 28.4 Å². The zero-order valence-electron chi connectivity index (χ0n) is 19.4. The first-order chi connectivity index (χ1) is 16.0. The lowest BCUT2D eigenvalue weighted by atomic mass is 9.96. The molecule has 1 amide bonds. The van der Waals surface area contributed by atoms with Gasteiger partial charge in [-0.3, -0.25) is 24.0 Å². The van der Waals surface area contributed by atoms with Gasteiger partial charge in [0.25, 0.3) is 0 Å². The summed E-state index contributed by atoms with van der Waals surface area (Å²) in [6.07, 6.45) is -4.30. The third kappa shape index (κ3) is 7.17. The summed E-state index contributed by atoms with van der Waals surface area (Å²) >= 11 is 0. The summed E-state index contributed by atoms with van der Waals surface area (Å²) < 4.78 is 32.9. The van der Waals surface area contributed by atoms with Crippen molar-refractivity contribution >= 4 is 30.1 Å². The van der Waals surface area contributed by atoms with Crippen molar-refractivity contribution in [2.24, 2.45) is 0 Å². The molecular formula is C22H27NO11. The van der Waals surface area contributed by atoms with E-state index in [2.05, 4.69) is 5.32 Å². The molecule has 0 saturated carbocycles. The van der Waals surface area contributed by atoms with Crippen molar-refractivity contribution in [2.45, 2.75) is 58.3 Å². The number of nitrogens with one attached hydrogen (secondary N) is 1. The van der Waals surface area contributed by atoms with E-state index in [9.17, 15) is 24.0 Å². The Labute approximate surface area is 195 Å². The number of aldehydes is 1. The molecule has 0 radical (unpaired) electrons. The minimum absolute atomic E-state index is 0.146. The predicted molar refractivity (Wildman–Crippen MR) is 113 cm³/mol. The van der Waals surface area contributed by atoms with Gasteiger partial charge in [-0.2, -0.15) is 0 Å². The summed E-state index contributed by atoms with van der Waals surface area (Å²) in [5.74, 6) is -2.24. The summed E-state index contributed by atoms with van der Waals surface area (Å²) in [7, 11) is 1.37. The molecule has 34 heavy (non-hydrogen) atoms. The molecule has 1 fully saturated rings. The number of esters is 3. The van der Waals surface area contributed by atoms with Gasteiger partial charge in [-0.05, 0) is 18.2 Å². The highest BCUT2D eigenvalue weighted by Crippen LogP contribution is 2.33. The van der Waals surface area contributed by atoms with Crippen LogP contribution in [0.25, 0.3) is 0 Å². The summed E-state index contributed by atoms with van der Waals surface area (Å²) in [5.41, 5.74) is 0.326. The van der Waals surface area contributed by atoms with Gasteiger partial charge < -0.3 is 33.7 Å². The van der Waals surface area contributed by atoms with Gasteiger partial charge in [0.15, 0.2) is 23.7 Å². The SMILES string of the molecule is COc1cc(C=O)ccc1O[C@H]1O[C@H](COC(C)=O)[C@@H](OC(C)=O)[C@H](OC(C)=O)[C@H]1NC(C)=O. The van der Waals surface area contributed by atoms with Gasteiger partial charge in [0.05, 0.1) is 7.11 Å². The predicted octanol–water partition coefficient (Wildman–Crippen LogP) is 0.543. The van der Waals surface area contributed by atoms with Crippen molar-refractivity contribution in [2.75, 3.05) is 13.7 Å². The maximum absolute atomic E-state index is 12.0. The fraction of sp³-hybridized carbons (Fsp3) is 0.500. The third-order valence-electron chi connectivity index (χ3n) is 4.64. The lowest BCUT2D eigenvalue weighted by molar-refractivity contribution is -0.257. The molecule has 0 spiro atoms. The van der Waals surface area contributed by atoms with Gasteiger partial charge in [0.1, 0.15) is 25.0 Å². The second-order valence-corrected chi connectivity index (χ2v) is 7.37. The van der Waals surface area contributed by atoms with E-state index < -0.39 is 54.5 Å². The number of hydrogen-bond donors (Lipinski definition) is 1. The van der Waals surface area contributed by atoms with Crippen LogP contribution in [0.2, 0.25) is 0 Å². The third-order valence-corrected chi connectivity index (χ3v) is 4.64. The van der Waals surface area contributed by atoms with E-state index >= 15 is 0 Å². The first-order valence-corrected chi connectivity index (χ1v) is 10.3. The molecule has 0 bridgehead atoms. The smallest absolute Gasteiger partial charge is 0.303 e. The zero-order valence-corrected chi connectivity index (χ0v) is 19.4. The molecule has 1 saturated heterocycles. The molecule has 0 unspecified atom stereocenters. The van der Waals surface area contributed by atoms with Crippen LogP contribution < -0.4 is 14.8 Å². The van der Waals surface area contributed by atoms with Gasteiger partial charge >= 0.3 is 17.9 Å². The Morgan fingerprint density at radius 2 is 1.62 bits per heavy atom. The molecule has 12 heteroatoms. The summed E-state index contributed by atoms with van der Waals surface area (Å²) in [5, 5.41) is 2.59. The molecule has 186 valence electrons. The van der Waals surface area contributed by atoms with Crippen LogP contribution >= 0.6 is 0 Å². The molecule has 1 N–H and O–H groups in total. The Morgan fingerprint density at radius 1 is 0.971 bits per heavy atom. The minimum atomic E-state index is -1.31. The van der Waals surface area contributed by atoms with Crippen LogP contribution in [0.15, 0.2) is 18.2 Å². The maximum atomic E-state index is 12.0. The molecule has 1 aliphatic heterocycles. The number of carbonyl (C=O) groups is 5. The Kier molecular flexibility index (Phi) is 9.36. The fourth-order valence-electron chi connectivity index (χ4n) is 3.37. The number of hydrogen-bond acceptors (Lipinski definition) is 11. The highest BCUT2D eigenvalue weighted by atomic mass is 16.7. The van der Waals surface area contributed by atoms with E-state index in [1.807, 2.05) is 0 Å². The normalized spacial score (nSPS) is 23.7. The first kappa shape index (κ1) is 26.6. The minimum Gasteiger partial charge on any atom is -0.493 e. The topological polar surface area (TPSA) is 153 Å². The molecule has 0 aliphatic carbocycles. The van der Waals surface area contributed by atoms with E-state index in [-0.39, 0.29) is 18.1 Å². The number of benzene rings is 1. The molecule has 1 aromatic carbocycles. The highest BCUT2D eigenvalue weighted by Gasteiger charge is 2.52. The number of carbonyl (C=O) groups excluding carboxylic acids is 5. The van der Waals surface area contributed by atoms with Crippen LogP contribution in [0, 0.1) is 0 Å². The van der Waals surface area contributed by atoms with Crippen molar-refractivity contribution in [1.29, 1.82) is 0 Å². The van der Waals surface area contributed by atoms with Crippen LogP contribution in [0.1, 0.15) is 38.1 Å². The number of amides is 1. The van der Waals surface area contributed by atoms with E-state index in [0.29, 0.717) is 11.8 Å². The quantitative estimate of drug-likeness (QED) is 0.299. The van der Waals surface area contributed by atoms with Gasteiger partial charge in [0.2, 0.25) is 12.2 Å². The van der Waals surface area contributed by atoms with Gasteiger partial charge in [0, 0.05) is 33.3 Å². The van der Waals surface area contributed by atoms with Crippen molar-refractivity contribution in [3.05, 3.63) is 23.8 Å². The molecule has 0 aromatic heterocycles. The van der Waals surface area contributed by atoms with E-state index in [1.54, 1.807) is 0 Å². The van der Waals surface area contributed by atoms with E-state index in [1.165, 1.54) is 39.2 Å². The highest BCUT2D eigenvalue weighted by molar-refractivity contribution is 5.76. The van der Waals surface area contributed by atoms with Crippen molar-refractivity contribution in [3.8, 4) is 11.5 Å². The average molecular weight is 481 g/mol. The molecule has 1 aromatic rings. The lowest BCUT2D eigenvalue weighted by Crippen LogP contribution is -2.67. The molecule has 2 rings (SSSR count). The van der Waals surface area contributed by atoms with Crippen LogP contribution in [-0.2, 0) is 38.1 Å². The molecule has 1 heterocycles. The molecule has 5 atom stereocenters. The van der Waals surface area contributed by atoms with Crippen molar-refractivity contribution < 1.29 is 52.4 Å². The molecular weight excluding hydrogens is 454 g/mol. The molecule has 1 aliphatic rings. The standard InChI is InChI=1S/C22H27NO11/c1-11(25)23-19-21(32-14(4)28)20(31-13(3)27)18(10-30-12(2)26)34-22(19)33-16-7-6-15(9-24)8-17(16)29-5/h6-9,18-22H,10H2,1-5H3,(H,23,25)/t18-,19-,20-,21-,22+/m1/s1. The Morgan fingerprint density at radius 3 is 2.15 bits per heavy atom. The second-order valence-electron chi connectivity index (χ2n) is 7.37. The van der Waals surface area contributed by atoms with Crippen LogP contribution in [0.5, 0.6) is 11.5 Å². The summed E-state index contributed by atoms with van der Waals surface area (Å²) in [6.45, 7) is 4.33. The lowest BCUT2D eigenvalue weighted by Gasteiger charge is -2.44. The largest absolute Gasteiger partial charge is 0.493 e. The van der Waals surface area contributed by atoms with Crippen LogP contribution in [-0.4, -0.2) is 74.5 Å². The Balaban J connectivity index is 2.51. The van der Waals surface area contributed by atoms with Crippen molar-refractivity contribution in [1.82, 2.24) is 5.32 Å². The van der Waals surface area contributed by atoms with Gasteiger partial charge in [-0.15, -0.1) is 0 Å².